The zero-order chi connectivity index (χ0) is 15.0. The molecule has 1 rings (SSSR count). The Labute approximate surface area is 118 Å². The van der Waals surface area contributed by atoms with Gasteiger partial charge in [-0.15, -0.1) is 0 Å². The molecule has 0 fully saturated rings. The Morgan fingerprint density at radius 2 is 1.85 bits per heavy atom. The van der Waals surface area contributed by atoms with Gasteiger partial charge in [-0.25, -0.2) is 0 Å². The first-order valence-electron chi connectivity index (χ1n) is 6.49. The van der Waals surface area contributed by atoms with Crippen LogP contribution in [-0.4, -0.2) is 61.0 Å². The van der Waals surface area contributed by atoms with Gasteiger partial charge < -0.3 is 24.6 Å². The SMILES string of the molecule is CCOc1cc(C(=O)N(CCO)CCO)ccc1OC. The molecule has 0 atom stereocenters. The molecule has 6 nitrogen and oxygen atoms in total. The van der Waals surface area contributed by atoms with Crippen LogP contribution in [0.2, 0.25) is 0 Å². The molecule has 0 unspecified atom stereocenters. The Balaban J connectivity index is 2.99. The Morgan fingerprint density at radius 3 is 2.35 bits per heavy atom. The molecule has 6 heteroatoms. The van der Waals surface area contributed by atoms with Gasteiger partial charge >= 0.3 is 0 Å². The van der Waals surface area contributed by atoms with Gasteiger partial charge in [0.05, 0.1) is 26.9 Å². The van der Waals surface area contributed by atoms with E-state index in [0.29, 0.717) is 23.7 Å². The van der Waals surface area contributed by atoms with E-state index in [0.717, 1.165) is 0 Å². The van der Waals surface area contributed by atoms with E-state index >= 15 is 0 Å². The summed E-state index contributed by atoms with van der Waals surface area (Å²) in [6.07, 6.45) is 0. The lowest BCUT2D eigenvalue weighted by Gasteiger charge is -2.21. The molecular weight excluding hydrogens is 262 g/mol. The highest BCUT2D eigenvalue weighted by Crippen LogP contribution is 2.28. The zero-order valence-corrected chi connectivity index (χ0v) is 11.8. The molecule has 1 amide bonds. The van der Waals surface area contributed by atoms with Crippen LogP contribution in [0.1, 0.15) is 17.3 Å². The van der Waals surface area contributed by atoms with Gasteiger partial charge in [0.25, 0.3) is 5.91 Å². The molecule has 0 radical (unpaired) electrons. The summed E-state index contributed by atoms with van der Waals surface area (Å²) in [4.78, 5) is 13.7. The maximum Gasteiger partial charge on any atom is 0.254 e. The van der Waals surface area contributed by atoms with E-state index in [1.54, 1.807) is 18.2 Å². The minimum atomic E-state index is -0.267. The van der Waals surface area contributed by atoms with Crippen LogP contribution < -0.4 is 9.47 Å². The zero-order valence-electron chi connectivity index (χ0n) is 11.8. The number of aliphatic hydroxyl groups excluding tert-OH is 2. The number of nitrogens with zero attached hydrogens (tertiary/aromatic N) is 1. The van der Waals surface area contributed by atoms with E-state index in [1.165, 1.54) is 12.0 Å². The molecule has 20 heavy (non-hydrogen) atoms. The molecule has 0 spiro atoms. The molecule has 0 aromatic heterocycles. The van der Waals surface area contributed by atoms with Gasteiger partial charge in [-0.1, -0.05) is 0 Å². The number of benzene rings is 1. The molecule has 112 valence electrons. The Bertz CT molecular complexity index is 430. The molecule has 1 aromatic rings. The minimum Gasteiger partial charge on any atom is -0.493 e. The second-order valence-corrected chi connectivity index (χ2v) is 4.04. The third kappa shape index (κ3) is 4.11. The fraction of sp³-hybridized carbons (Fsp3) is 0.500. The number of methoxy groups -OCH3 is 1. The fourth-order valence-corrected chi connectivity index (χ4v) is 1.82. The van der Waals surface area contributed by atoms with Gasteiger partial charge in [-0.3, -0.25) is 4.79 Å². The summed E-state index contributed by atoms with van der Waals surface area (Å²) < 4.78 is 10.6. The van der Waals surface area contributed by atoms with E-state index in [1.807, 2.05) is 6.92 Å². The Hall–Kier alpha value is -1.79. The topological polar surface area (TPSA) is 79.2 Å². The van der Waals surface area contributed by atoms with Crippen LogP contribution in [0.25, 0.3) is 0 Å². The van der Waals surface area contributed by atoms with Crippen molar-refractivity contribution in [3.05, 3.63) is 23.8 Å². The Kier molecular flexibility index (Phi) is 6.83. The van der Waals surface area contributed by atoms with Crippen molar-refractivity contribution in [1.29, 1.82) is 0 Å². The standard InChI is InChI=1S/C14H21NO5/c1-3-20-13-10-11(4-5-12(13)19-2)14(18)15(6-8-16)7-9-17/h4-5,10,16-17H,3,6-9H2,1-2H3. The van der Waals surface area contributed by atoms with Crippen molar-refractivity contribution in [2.45, 2.75) is 6.92 Å². The predicted octanol–water partition coefficient (Wildman–Crippen LogP) is 0.521. The first-order valence-corrected chi connectivity index (χ1v) is 6.49. The van der Waals surface area contributed by atoms with Crippen LogP contribution in [0.15, 0.2) is 18.2 Å². The largest absolute Gasteiger partial charge is 0.493 e. The minimum absolute atomic E-state index is 0.153. The number of carbonyl (C=O) groups excluding carboxylic acids is 1. The van der Waals surface area contributed by atoms with Gasteiger partial charge in [0.2, 0.25) is 0 Å². The average Bonchev–Trinajstić information content (AvgIpc) is 2.46. The van der Waals surface area contributed by atoms with Crippen LogP contribution in [0, 0.1) is 0 Å². The quantitative estimate of drug-likeness (QED) is 0.727. The number of aliphatic hydroxyl groups is 2. The molecule has 0 aliphatic carbocycles. The lowest BCUT2D eigenvalue weighted by atomic mass is 10.1. The van der Waals surface area contributed by atoms with E-state index in [9.17, 15) is 4.79 Å². The molecular formula is C14H21NO5. The summed E-state index contributed by atoms with van der Waals surface area (Å²) in [7, 11) is 1.53. The van der Waals surface area contributed by atoms with Crippen molar-refractivity contribution in [2.75, 3.05) is 40.0 Å². The second kappa shape index (κ2) is 8.39. The second-order valence-electron chi connectivity index (χ2n) is 4.04. The monoisotopic (exact) mass is 283 g/mol. The van der Waals surface area contributed by atoms with E-state index in [2.05, 4.69) is 0 Å². The number of carbonyl (C=O) groups is 1. The highest BCUT2D eigenvalue weighted by Gasteiger charge is 2.17. The number of hydrogen-bond acceptors (Lipinski definition) is 5. The summed E-state index contributed by atoms with van der Waals surface area (Å²) in [6.45, 7) is 2.36. The first kappa shape index (κ1) is 16.3. The third-order valence-electron chi connectivity index (χ3n) is 2.74. The molecule has 1 aromatic carbocycles. The van der Waals surface area contributed by atoms with Crippen LogP contribution in [-0.2, 0) is 0 Å². The van der Waals surface area contributed by atoms with E-state index in [4.69, 9.17) is 19.7 Å². The molecule has 0 saturated carbocycles. The summed E-state index contributed by atoms with van der Waals surface area (Å²) in [5, 5.41) is 17.9. The fourth-order valence-electron chi connectivity index (χ4n) is 1.82. The lowest BCUT2D eigenvalue weighted by Crippen LogP contribution is -2.35. The van der Waals surface area contributed by atoms with E-state index in [-0.39, 0.29) is 32.2 Å². The van der Waals surface area contributed by atoms with E-state index < -0.39 is 0 Å². The van der Waals surface area contributed by atoms with Crippen molar-refractivity contribution in [2.24, 2.45) is 0 Å². The van der Waals surface area contributed by atoms with Gasteiger partial charge in [-0.2, -0.15) is 0 Å². The normalized spacial score (nSPS) is 10.2. The molecule has 0 saturated heterocycles. The number of ether oxygens (including phenoxy) is 2. The van der Waals surface area contributed by atoms with Gasteiger partial charge in [0.15, 0.2) is 11.5 Å². The van der Waals surface area contributed by atoms with Gasteiger partial charge in [-0.05, 0) is 25.1 Å². The van der Waals surface area contributed by atoms with Crippen molar-refractivity contribution < 1.29 is 24.5 Å². The van der Waals surface area contributed by atoms with Crippen LogP contribution in [0.3, 0.4) is 0 Å². The summed E-state index contributed by atoms with van der Waals surface area (Å²) >= 11 is 0. The van der Waals surface area contributed by atoms with Crippen molar-refractivity contribution in [1.82, 2.24) is 4.90 Å². The van der Waals surface area contributed by atoms with Crippen LogP contribution in [0.4, 0.5) is 0 Å². The van der Waals surface area contributed by atoms with Crippen LogP contribution in [0.5, 0.6) is 11.5 Å². The van der Waals surface area contributed by atoms with Crippen molar-refractivity contribution in [3.63, 3.8) is 0 Å². The van der Waals surface area contributed by atoms with Crippen LogP contribution >= 0.6 is 0 Å². The van der Waals surface area contributed by atoms with Crippen molar-refractivity contribution >= 4 is 5.91 Å². The average molecular weight is 283 g/mol. The maximum atomic E-state index is 12.3. The summed E-state index contributed by atoms with van der Waals surface area (Å²) in [6, 6.07) is 4.89. The maximum absolute atomic E-state index is 12.3. The van der Waals surface area contributed by atoms with Gasteiger partial charge in [0.1, 0.15) is 0 Å². The first-order chi connectivity index (χ1) is 9.67. The smallest absolute Gasteiger partial charge is 0.254 e. The molecule has 0 aliphatic heterocycles. The molecule has 2 N–H and O–H groups in total. The van der Waals surface area contributed by atoms with Gasteiger partial charge in [0, 0.05) is 18.7 Å². The predicted molar refractivity (Wildman–Crippen MR) is 74.2 cm³/mol. The number of amides is 1. The Morgan fingerprint density at radius 1 is 1.20 bits per heavy atom. The highest BCUT2D eigenvalue weighted by molar-refractivity contribution is 5.95. The summed E-state index contributed by atoms with van der Waals surface area (Å²) in [5.74, 6) is 0.782. The number of rotatable bonds is 8. The highest BCUT2D eigenvalue weighted by atomic mass is 16.5. The number of hydrogen-bond donors (Lipinski definition) is 2. The molecule has 0 heterocycles. The van der Waals surface area contributed by atoms with Crippen molar-refractivity contribution in [3.8, 4) is 11.5 Å². The molecule has 0 aliphatic rings. The summed E-state index contributed by atoms with van der Waals surface area (Å²) in [5.41, 5.74) is 0.427. The third-order valence-corrected chi connectivity index (χ3v) is 2.74. The lowest BCUT2D eigenvalue weighted by molar-refractivity contribution is 0.0684. The molecule has 0 bridgehead atoms.